The quantitative estimate of drug-likeness (QED) is 0.428. The topological polar surface area (TPSA) is 59.9 Å². The summed E-state index contributed by atoms with van der Waals surface area (Å²) in [7, 11) is 1.59. The minimum Gasteiger partial charge on any atom is -0.463 e. The van der Waals surface area contributed by atoms with Crippen LogP contribution in [0.5, 0.6) is 0 Å². The Kier molecular flexibility index (Phi) is 7.31. The first-order valence-electron chi connectivity index (χ1n) is 9.12. The molecule has 0 fully saturated rings. The van der Waals surface area contributed by atoms with E-state index in [4.69, 9.17) is 37.7 Å². The molecule has 28 heavy (non-hydrogen) atoms. The predicted molar refractivity (Wildman–Crippen MR) is 111 cm³/mol. The van der Waals surface area contributed by atoms with E-state index in [1.807, 2.05) is 12.1 Å². The van der Waals surface area contributed by atoms with Crippen LogP contribution in [0.1, 0.15) is 40.4 Å². The van der Waals surface area contributed by atoms with Crippen molar-refractivity contribution >= 4 is 35.1 Å². The van der Waals surface area contributed by atoms with Crippen LogP contribution < -0.4 is 5.32 Å². The standard InChI is InChI=1S/C21H22Cl2N2O3/c1-27-11-12-28-21(25-20(26)15-9-10-17(22)18(23)13-15)24-19-8-4-6-14-5-2-3-7-16(14)19/h2-3,5,7,9-10,13,19H,4,6,8,11-12H2,1H3,(H,24,25,26)/t19-/m0/s1. The average molecular weight is 421 g/mol. The van der Waals surface area contributed by atoms with Crippen molar-refractivity contribution in [2.45, 2.75) is 25.3 Å². The molecule has 1 amide bonds. The van der Waals surface area contributed by atoms with E-state index in [1.54, 1.807) is 19.2 Å². The summed E-state index contributed by atoms with van der Waals surface area (Å²) in [5.41, 5.74) is 2.83. The molecule has 1 N–H and O–H groups in total. The van der Waals surface area contributed by atoms with Gasteiger partial charge in [0, 0.05) is 12.7 Å². The van der Waals surface area contributed by atoms with Gasteiger partial charge in [-0.3, -0.25) is 10.1 Å². The van der Waals surface area contributed by atoms with Crippen LogP contribution in [0, 0.1) is 0 Å². The number of amides is 1. The maximum Gasteiger partial charge on any atom is 0.292 e. The van der Waals surface area contributed by atoms with E-state index >= 15 is 0 Å². The monoisotopic (exact) mass is 420 g/mol. The van der Waals surface area contributed by atoms with Crippen LogP contribution in [0.4, 0.5) is 0 Å². The minimum atomic E-state index is -0.362. The number of carbonyl (C=O) groups excluding carboxylic acids is 1. The Morgan fingerprint density at radius 1 is 1.18 bits per heavy atom. The van der Waals surface area contributed by atoms with Gasteiger partial charge in [0.2, 0.25) is 0 Å². The number of methoxy groups -OCH3 is 1. The maximum absolute atomic E-state index is 12.6. The Labute approximate surface area is 174 Å². The molecule has 0 unspecified atom stereocenters. The van der Waals surface area contributed by atoms with E-state index in [2.05, 4.69) is 17.4 Å². The number of carbonyl (C=O) groups is 1. The van der Waals surface area contributed by atoms with Crippen LogP contribution in [0.15, 0.2) is 47.5 Å². The van der Waals surface area contributed by atoms with Crippen molar-refractivity contribution < 1.29 is 14.3 Å². The molecule has 0 spiro atoms. The highest BCUT2D eigenvalue weighted by molar-refractivity contribution is 6.42. The van der Waals surface area contributed by atoms with Gasteiger partial charge < -0.3 is 9.47 Å². The summed E-state index contributed by atoms with van der Waals surface area (Å²) < 4.78 is 10.7. The summed E-state index contributed by atoms with van der Waals surface area (Å²) in [6, 6.07) is 13.1. The smallest absolute Gasteiger partial charge is 0.292 e. The largest absolute Gasteiger partial charge is 0.463 e. The number of hydrogen-bond acceptors (Lipinski definition) is 4. The van der Waals surface area contributed by atoms with Gasteiger partial charge in [0.25, 0.3) is 11.9 Å². The predicted octanol–water partition coefficient (Wildman–Crippen LogP) is 4.82. The van der Waals surface area contributed by atoms with Gasteiger partial charge >= 0.3 is 0 Å². The molecule has 0 saturated heterocycles. The number of amidine groups is 1. The molecule has 0 saturated carbocycles. The van der Waals surface area contributed by atoms with Crippen LogP contribution in [0.3, 0.4) is 0 Å². The fourth-order valence-electron chi connectivity index (χ4n) is 3.14. The zero-order valence-electron chi connectivity index (χ0n) is 15.6. The molecule has 7 heteroatoms. The normalized spacial score (nSPS) is 16.4. The molecule has 0 aromatic heterocycles. The second kappa shape index (κ2) is 9.92. The summed E-state index contributed by atoms with van der Waals surface area (Å²) in [6.07, 6.45) is 2.98. The number of hydrogen-bond donors (Lipinski definition) is 1. The van der Waals surface area contributed by atoms with Crippen molar-refractivity contribution in [2.75, 3.05) is 20.3 Å². The number of aryl methyl sites for hydroxylation is 1. The summed E-state index contributed by atoms with van der Waals surface area (Å²) in [4.78, 5) is 17.3. The molecule has 3 rings (SSSR count). The highest BCUT2D eigenvalue weighted by atomic mass is 35.5. The first kappa shape index (κ1) is 20.6. The molecule has 2 aromatic rings. The van der Waals surface area contributed by atoms with Crippen molar-refractivity contribution in [1.82, 2.24) is 5.32 Å². The van der Waals surface area contributed by atoms with Crippen LogP contribution >= 0.6 is 23.2 Å². The molecule has 0 bridgehead atoms. The Bertz CT molecular complexity index is 870. The van der Waals surface area contributed by atoms with Gasteiger partial charge in [0.1, 0.15) is 6.61 Å². The lowest BCUT2D eigenvalue weighted by Gasteiger charge is -2.23. The number of nitrogens with one attached hydrogen (secondary N) is 1. The van der Waals surface area contributed by atoms with Gasteiger partial charge in [-0.2, -0.15) is 0 Å². The van der Waals surface area contributed by atoms with Crippen molar-refractivity contribution in [3.8, 4) is 0 Å². The summed E-state index contributed by atoms with van der Waals surface area (Å²) >= 11 is 11.9. The van der Waals surface area contributed by atoms with Crippen LogP contribution in [-0.4, -0.2) is 32.3 Å². The number of ether oxygens (including phenoxy) is 2. The number of rotatable bonds is 5. The zero-order chi connectivity index (χ0) is 19.9. The van der Waals surface area contributed by atoms with Gasteiger partial charge in [0.15, 0.2) is 0 Å². The molecule has 1 atom stereocenters. The molecule has 2 aromatic carbocycles. The van der Waals surface area contributed by atoms with E-state index in [0.717, 1.165) is 19.3 Å². The number of nitrogens with zero attached hydrogens (tertiary/aromatic N) is 1. The van der Waals surface area contributed by atoms with Crippen molar-refractivity contribution in [2.24, 2.45) is 4.99 Å². The summed E-state index contributed by atoms with van der Waals surface area (Å²) in [5.74, 6) is -0.362. The Balaban J connectivity index is 1.81. The average Bonchev–Trinajstić information content (AvgIpc) is 2.70. The summed E-state index contributed by atoms with van der Waals surface area (Å²) in [5, 5.41) is 3.45. The van der Waals surface area contributed by atoms with Gasteiger partial charge in [-0.05, 0) is 48.6 Å². The lowest BCUT2D eigenvalue weighted by Crippen LogP contribution is -2.34. The van der Waals surface area contributed by atoms with Gasteiger partial charge in [-0.15, -0.1) is 0 Å². The fourth-order valence-corrected chi connectivity index (χ4v) is 3.44. The fraction of sp³-hybridized carbons (Fsp3) is 0.333. The third kappa shape index (κ3) is 5.25. The highest BCUT2D eigenvalue weighted by Crippen LogP contribution is 2.32. The summed E-state index contributed by atoms with van der Waals surface area (Å²) in [6.45, 7) is 0.675. The van der Waals surface area contributed by atoms with Crippen molar-refractivity contribution in [3.63, 3.8) is 0 Å². The molecule has 5 nitrogen and oxygen atoms in total. The molecular formula is C21H22Cl2N2O3. The van der Waals surface area contributed by atoms with Crippen molar-refractivity contribution in [3.05, 3.63) is 69.2 Å². The SMILES string of the molecule is COCCOC(=N[C@H]1CCCc2ccccc21)NC(=O)c1ccc(Cl)c(Cl)c1. The van der Waals surface area contributed by atoms with E-state index < -0.39 is 0 Å². The van der Waals surface area contributed by atoms with Crippen LogP contribution in [0.25, 0.3) is 0 Å². The molecular weight excluding hydrogens is 399 g/mol. The van der Waals surface area contributed by atoms with Gasteiger partial charge in [-0.25, -0.2) is 4.99 Å². The molecule has 0 heterocycles. The molecule has 0 aliphatic heterocycles. The number of fused-ring (bicyclic) bond motifs is 1. The van der Waals surface area contributed by atoms with Crippen LogP contribution in [0.2, 0.25) is 10.0 Å². The van der Waals surface area contributed by atoms with Gasteiger partial charge in [-0.1, -0.05) is 47.5 Å². The maximum atomic E-state index is 12.6. The lowest BCUT2D eigenvalue weighted by molar-refractivity contribution is 0.0953. The van der Waals surface area contributed by atoms with E-state index in [9.17, 15) is 4.79 Å². The second-order valence-electron chi connectivity index (χ2n) is 6.47. The Hall–Kier alpha value is -2.08. The first-order chi connectivity index (χ1) is 13.6. The molecule has 0 radical (unpaired) electrons. The third-order valence-corrected chi connectivity index (χ3v) is 5.28. The number of halogens is 2. The lowest BCUT2D eigenvalue weighted by atomic mass is 9.88. The highest BCUT2D eigenvalue weighted by Gasteiger charge is 2.21. The van der Waals surface area contributed by atoms with Crippen LogP contribution in [-0.2, 0) is 15.9 Å². The Morgan fingerprint density at radius 3 is 2.79 bits per heavy atom. The Morgan fingerprint density at radius 2 is 2.00 bits per heavy atom. The third-order valence-electron chi connectivity index (χ3n) is 4.54. The van der Waals surface area contributed by atoms with E-state index in [1.165, 1.54) is 17.2 Å². The van der Waals surface area contributed by atoms with Crippen molar-refractivity contribution in [1.29, 1.82) is 0 Å². The molecule has 1 aliphatic rings. The van der Waals surface area contributed by atoms with Gasteiger partial charge in [0.05, 0.1) is 22.7 Å². The van der Waals surface area contributed by atoms with E-state index in [-0.39, 0.29) is 24.6 Å². The first-order valence-corrected chi connectivity index (χ1v) is 9.88. The zero-order valence-corrected chi connectivity index (χ0v) is 17.1. The second-order valence-corrected chi connectivity index (χ2v) is 7.28. The number of aliphatic imine (C=N–C) groups is 1. The molecule has 1 aliphatic carbocycles. The minimum absolute atomic E-state index is 0.0587. The number of benzene rings is 2. The van der Waals surface area contributed by atoms with E-state index in [0.29, 0.717) is 22.2 Å². The molecule has 148 valence electrons.